The summed E-state index contributed by atoms with van der Waals surface area (Å²) in [4.78, 5) is 79.6. The lowest BCUT2D eigenvalue weighted by Crippen LogP contribution is -2.57. The molecule has 23 N–H and O–H groups in total. The minimum Gasteiger partial charge on any atom is -0.480 e. The summed E-state index contributed by atoms with van der Waals surface area (Å²) in [5.41, 5.74) is 48.6. The van der Waals surface area contributed by atoms with Crippen molar-refractivity contribution in [2.45, 2.75) is 88.5 Å². The van der Waals surface area contributed by atoms with E-state index in [1.54, 1.807) is 0 Å². The second-order valence-corrected chi connectivity index (χ2v) is 11.2. The molecule has 0 aliphatic rings. The van der Waals surface area contributed by atoms with Gasteiger partial charge in [0.15, 0.2) is 23.8 Å². The SMILES string of the molecule is C[C@H](NC(=O)[C@H](CCCN=C(N)N)NC(=O)[C@@H](N)CCCN=C(N)N)C(=O)N[C@@H](CCCN=C(N)N)C(=O)N[C@@H](CCCN=C(N)N)C(=O)O. The van der Waals surface area contributed by atoms with Gasteiger partial charge in [0.05, 0.1) is 6.04 Å². The van der Waals surface area contributed by atoms with E-state index in [4.69, 9.17) is 51.6 Å². The van der Waals surface area contributed by atoms with E-state index in [0.29, 0.717) is 6.42 Å². The Morgan fingerprint density at radius 2 is 0.820 bits per heavy atom. The van der Waals surface area contributed by atoms with E-state index in [2.05, 4.69) is 41.2 Å². The average molecular weight is 714 g/mol. The molecule has 0 saturated heterocycles. The van der Waals surface area contributed by atoms with Crippen molar-refractivity contribution in [3.8, 4) is 0 Å². The van der Waals surface area contributed by atoms with E-state index >= 15 is 0 Å². The molecule has 284 valence electrons. The van der Waals surface area contributed by atoms with Gasteiger partial charge in [-0.15, -0.1) is 0 Å². The highest BCUT2D eigenvalue weighted by Crippen LogP contribution is 2.06. The zero-order valence-corrected chi connectivity index (χ0v) is 28.3. The molecule has 0 aromatic rings. The first-order chi connectivity index (χ1) is 23.4. The summed E-state index contributed by atoms with van der Waals surface area (Å²) in [5.74, 6) is -4.82. The molecule has 23 heteroatoms. The number of aliphatic imine (C=N–C) groups is 4. The van der Waals surface area contributed by atoms with Crippen LogP contribution < -0.4 is 72.9 Å². The number of hydrogen-bond acceptors (Lipinski definition) is 10. The van der Waals surface area contributed by atoms with Crippen LogP contribution in [-0.2, 0) is 24.0 Å². The monoisotopic (exact) mass is 713 g/mol. The molecule has 0 aliphatic heterocycles. The summed E-state index contributed by atoms with van der Waals surface area (Å²) in [7, 11) is 0. The third kappa shape index (κ3) is 21.3. The van der Waals surface area contributed by atoms with Crippen LogP contribution in [0.2, 0.25) is 0 Å². The first-order valence-corrected chi connectivity index (χ1v) is 15.9. The summed E-state index contributed by atoms with van der Waals surface area (Å²) < 4.78 is 0. The van der Waals surface area contributed by atoms with Crippen molar-refractivity contribution in [2.75, 3.05) is 26.2 Å². The van der Waals surface area contributed by atoms with Crippen molar-refractivity contribution in [1.82, 2.24) is 21.3 Å². The number of amides is 4. The van der Waals surface area contributed by atoms with Gasteiger partial charge in [-0.2, -0.15) is 0 Å². The Kier molecular flexibility index (Phi) is 21.8. The maximum Gasteiger partial charge on any atom is 0.326 e. The van der Waals surface area contributed by atoms with Crippen molar-refractivity contribution in [3.05, 3.63) is 0 Å². The second-order valence-electron chi connectivity index (χ2n) is 11.2. The molecule has 50 heavy (non-hydrogen) atoms. The number of nitrogens with two attached hydrogens (primary N) is 9. The zero-order chi connectivity index (χ0) is 38.2. The standard InChI is InChI=1S/C27H55N17O6/c1-14(41-21(47)16(7-3-11-38-25(31)32)43-20(46)15(28)6-2-10-37-24(29)30)19(45)42-17(8-4-12-39-26(33)34)22(48)44-18(23(49)50)9-5-13-40-27(35)36/h14-18H,2-13,28H2,1H3,(H,41,47)(H,42,45)(H,43,46)(H,44,48)(H,49,50)(H4,29,30,37)(H4,31,32,38)(H4,33,34,39)(H4,35,36,40)/t14-,15-,16-,17-,18-/m0/s1. The predicted molar refractivity (Wildman–Crippen MR) is 189 cm³/mol. The number of hydrogen-bond donors (Lipinski definition) is 14. The van der Waals surface area contributed by atoms with Crippen LogP contribution in [0.3, 0.4) is 0 Å². The van der Waals surface area contributed by atoms with Gasteiger partial charge in [0.25, 0.3) is 0 Å². The Balaban J connectivity index is 5.71. The highest BCUT2D eigenvalue weighted by atomic mass is 16.4. The molecule has 0 rings (SSSR count). The van der Waals surface area contributed by atoms with Crippen LogP contribution in [0.4, 0.5) is 0 Å². The average Bonchev–Trinajstić information content (AvgIpc) is 3.02. The highest BCUT2D eigenvalue weighted by Gasteiger charge is 2.30. The van der Waals surface area contributed by atoms with Gasteiger partial charge in [-0.25, -0.2) is 4.79 Å². The summed E-state index contributed by atoms with van der Waals surface area (Å²) in [6.07, 6.45) is 1.47. The van der Waals surface area contributed by atoms with Crippen molar-refractivity contribution in [2.24, 2.45) is 71.6 Å². The number of rotatable bonds is 25. The van der Waals surface area contributed by atoms with E-state index in [9.17, 15) is 29.1 Å². The second kappa shape index (κ2) is 24.5. The van der Waals surface area contributed by atoms with Gasteiger partial charge in [-0.3, -0.25) is 39.1 Å². The van der Waals surface area contributed by atoms with Crippen molar-refractivity contribution >= 4 is 53.4 Å². The smallest absolute Gasteiger partial charge is 0.326 e. The molecule has 0 saturated carbocycles. The maximum atomic E-state index is 13.3. The van der Waals surface area contributed by atoms with Gasteiger partial charge >= 0.3 is 5.97 Å². The summed E-state index contributed by atoms with van der Waals surface area (Å²) in [6.45, 7) is 2.03. The predicted octanol–water partition coefficient (Wildman–Crippen LogP) is -6.43. The number of carboxylic acids is 1. The Labute approximate surface area is 290 Å². The van der Waals surface area contributed by atoms with E-state index in [1.165, 1.54) is 6.92 Å². The molecule has 0 radical (unpaired) electrons. The van der Waals surface area contributed by atoms with Gasteiger partial charge in [-0.1, -0.05) is 0 Å². The maximum absolute atomic E-state index is 13.3. The third-order valence-corrected chi connectivity index (χ3v) is 6.77. The van der Waals surface area contributed by atoms with E-state index in [0.717, 1.165) is 0 Å². The van der Waals surface area contributed by atoms with Gasteiger partial charge in [0.1, 0.15) is 24.2 Å². The van der Waals surface area contributed by atoms with Crippen LogP contribution in [0.25, 0.3) is 0 Å². The van der Waals surface area contributed by atoms with E-state index < -0.39 is 59.8 Å². The van der Waals surface area contributed by atoms with Gasteiger partial charge in [-0.05, 0) is 58.3 Å². The highest BCUT2D eigenvalue weighted by molar-refractivity contribution is 5.95. The molecular weight excluding hydrogens is 658 g/mol. The van der Waals surface area contributed by atoms with Crippen LogP contribution in [-0.4, -0.2) is 115 Å². The number of nitrogens with zero attached hydrogens (tertiary/aromatic N) is 4. The molecule has 5 atom stereocenters. The third-order valence-electron chi connectivity index (χ3n) is 6.77. The summed E-state index contributed by atoms with van der Waals surface area (Å²) >= 11 is 0. The van der Waals surface area contributed by atoms with E-state index in [-0.39, 0.29) is 95.0 Å². The quantitative estimate of drug-likeness (QED) is 0.0238. The minimum atomic E-state index is -1.31. The number of nitrogens with one attached hydrogen (secondary N) is 4. The van der Waals surface area contributed by atoms with Crippen LogP contribution in [0.5, 0.6) is 0 Å². The van der Waals surface area contributed by atoms with Crippen LogP contribution in [0.15, 0.2) is 20.0 Å². The van der Waals surface area contributed by atoms with Crippen LogP contribution in [0, 0.1) is 0 Å². The van der Waals surface area contributed by atoms with Gasteiger partial charge in [0, 0.05) is 26.2 Å². The number of carboxylic acid groups (broad SMARTS) is 1. The number of aliphatic carboxylic acids is 1. The van der Waals surface area contributed by atoms with Crippen molar-refractivity contribution in [3.63, 3.8) is 0 Å². The number of carbonyl (C=O) groups excluding carboxylic acids is 4. The summed E-state index contributed by atoms with van der Waals surface area (Å²) in [6, 6.07) is -5.88. The van der Waals surface area contributed by atoms with E-state index in [1.807, 2.05) is 0 Å². The molecule has 0 unspecified atom stereocenters. The van der Waals surface area contributed by atoms with Crippen LogP contribution in [0.1, 0.15) is 58.3 Å². The lowest BCUT2D eigenvalue weighted by Gasteiger charge is -2.25. The molecule has 0 bridgehead atoms. The molecule has 0 heterocycles. The normalized spacial score (nSPS) is 13.5. The first-order valence-electron chi connectivity index (χ1n) is 15.9. The molecule has 0 spiro atoms. The first kappa shape index (κ1) is 44.4. The van der Waals surface area contributed by atoms with Crippen molar-refractivity contribution in [1.29, 1.82) is 0 Å². The fourth-order valence-corrected chi connectivity index (χ4v) is 4.18. The topological polar surface area (TPSA) is 437 Å². The van der Waals surface area contributed by atoms with Crippen molar-refractivity contribution < 1.29 is 29.1 Å². The Bertz CT molecular complexity index is 1230. The Hall–Kier alpha value is -5.61. The number of carbonyl (C=O) groups is 5. The van der Waals surface area contributed by atoms with Crippen LogP contribution >= 0.6 is 0 Å². The molecular formula is C27H55N17O6. The Morgan fingerprint density at radius 1 is 0.500 bits per heavy atom. The molecule has 23 nitrogen and oxygen atoms in total. The molecule has 0 aromatic heterocycles. The molecule has 0 aliphatic carbocycles. The molecule has 0 aromatic carbocycles. The molecule has 4 amide bonds. The lowest BCUT2D eigenvalue weighted by molar-refractivity contribution is -0.142. The fourth-order valence-electron chi connectivity index (χ4n) is 4.18. The summed E-state index contributed by atoms with van der Waals surface area (Å²) in [5, 5.41) is 19.7. The Morgan fingerprint density at radius 3 is 1.20 bits per heavy atom. The van der Waals surface area contributed by atoms with Gasteiger partial charge in [0.2, 0.25) is 23.6 Å². The largest absolute Gasteiger partial charge is 0.480 e. The lowest BCUT2D eigenvalue weighted by atomic mass is 10.1. The number of guanidine groups is 4. The minimum absolute atomic E-state index is 0.00476. The fraction of sp³-hybridized carbons (Fsp3) is 0.667. The van der Waals surface area contributed by atoms with Gasteiger partial charge < -0.3 is 78.0 Å². The zero-order valence-electron chi connectivity index (χ0n) is 28.3. The molecule has 0 fully saturated rings.